The number of amides is 1. The highest BCUT2D eigenvalue weighted by molar-refractivity contribution is 6.74. The molecule has 13 atom stereocenters. The number of aliphatic hydroxyl groups is 2. The number of hydrogen-bond acceptors (Lipinski definition) is 11. The van der Waals surface area contributed by atoms with E-state index in [1.165, 1.54) is 12.0 Å². The van der Waals surface area contributed by atoms with E-state index in [1.54, 1.807) is 14.2 Å². The molecule has 2 N–H and O–H groups in total. The molecule has 2 fully saturated rings. The van der Waals surface area contributed by atoms with Gasteiger partial charge < -0.3 is 38.5 Å². The Morgan fingerprint density at radius 2 is 1.45 bits per heavy atom. The average molecular weight is 892 g/mol. The molecule has 13 heteroatoms. The first-order valence-electron chi connectivity index (χ1n) is 23.5. The predicted molar refractivity (Wildman–Crippen MR) is 245 cm³/mol. The zero-order valence-corrected chi connectivity index (χ0v) is 41.9. The first-order chi connectivity index (χ1) is 29.0. The molecular weight excluding hydrogens is 807 g/mol. The maximum absolute atomic E-state index is 14.6. The zero-order valence-electron chi connectivity index (χ0n) is 40.9. The molecule has 2 heterocycles. The average Bonchev–Trinajstić information content (AvgIpc) is 3.21. The second-order valence-electron chi connectivity index (χ2n) is 20.7. The molecule has 0 radical (unpaired) electrons. The van der Waals surface area contributed by atoms with E-state index in [-0.39, 0.29) is 60.0 Å². The number of esters is 1. The molecule has 2 aliphatic heterocycles. The number of rotatable bonds is 8. The molecule has 0 aromatic heterocycles. The van der Waals surface area contributed by atoms with E-state index in [2.05, 4.69) is 52.9 Å². The highest BCUT2D eigenvalue weighted by atomic mass is 28.4. The summed E-state index contributed by atoms with van der Waals surface area (Å²) in [4.78, 5) is 58.4. The van der Waals surface area contributed by atoms with Crippen LogP contribution in [0.1, 0.15) is 139 Å². The molecule has 0 aromatic rings. The van der Waals surface area contributed by atoms with Gasteiger partial charge in [0, 0.05) is 52.6 Å². The summed E-state index contributed by atoms with van der Waals surface area (Å²) in [5.74, 6) is -2.81. The van der Waals surface area contributed by atoms with Crippen molar-refractivity contribution in [1.82, 2.24) is 4.90 Å². The fourth-order valence-electron chi connectivity index (χ4n) is 9.60. The van der Waals surface area contributed by atoms with E-state index in [4.69, 9.17) is 23.4 Å². The summed E-state index contributed by atoms with van der Waals surface area (Å²) in [7, 11) is 2.21. The van der Waals surface area contributed by atoms with Crippen LogP contribution in [0.25, 0.3) is 0 Å². The lowest BCUT2D eigenvalue weighted by atomic mass is 9.81. The van der Waals surface area contributed by atoms with Gasteiger partial charge in [0.2, 0.25) is 5.78 Å². The number of methoxy groups -OCH3 is 3. The molecule has 1 saturated heterocycles. The fraction of sp³-hybridized carbons (Fsp3) is 0.837. The standard InChI is InChI=1S/C49H85NO11Si/c1-15-36-23-30(2)22-31(3)25-43(58-11)45(54)44(59-12)26-32(4)24-40(53)47(55)50-21-17-16-18-37(50)48(56)60-46(33(5)27-35-19-20-38(51)42(28-35)57-10)34(6)41(29-39(36)52)61-62(13,14)49(7,8)9/h23,27,31-32,34-38,41-46,51,54H,15-22,24-26,28-29H2,1-14H3/b30-23+,33-27+/t31-,32-,34-,35?,36+,37-,38+,41?,42+,43-,44-,45-,46+/m0/s1. The Labute approximate surface area is 375 Å². The second kappa shape index (κ2) is 24.3. The Morgan fingerprint density at radius 1 is 0.855 bits per heavy atom. The van der Waals surface area contributed by atoms with E-state index >= 15 is 0 Å². The Balaban J connectivity index is 2.19. The number of piperidine rings is 1. The minimum Gasteiger partial charge on any atom is -0.456 e. The number of aliphatic hydroxyl groups excluding tert-OH is 2. The van der Waals surface area contributed by atoms with Crippen LogP contribution in [-0.2, 0) is 42.6 Å². The van der Waals surface area contributed by atoms with Crippen molar-refractivity contribution in [3.8, 4) is 0 Å². The maximum Gasteiger partial charge on any atom is 0.329 e. The summed E-state index contributed by atoms with van der Waals surface area (Å²) in [6, 6.07) is -0.959. The highest BCUT2D eigenvalue weighted by Crippen LogP contribution is 2.41. The summed E-state index contributed by atoms with van der Waals surface area (Å²) in [5.41, 5.74) is 1.88. The first kappa shape index (κ1) is 54.1. The molecule has 1 aliphatic carbocycles. The van der Waals surface area contributed by atoms with Crippen LogP contribution in [0.4, 0.5) is 0 Å². The number of hydrogen-bond donors (Lipinski definition) is 2. The molecule has 0 aromatic carbocycles. The first-order valence-corrected chi connectivity index (χ1v) is 26.4. The predicted octanol–water partition coefficient (Wildman–Crippen LogP) is 8.17. The van der Waals surface area contributed by atoms with E-state index in [1.807, 2.05) is 34.6 Å². The van der Waals surface area contributed by atoms with Gasteiger partial charge in [-0.25, -0.2) is 4.79 Å². The second-order valence-corrected chi connectivity index (χ2v) is 25.5. The number of allylic oxidation sites excluding steroid dienone is 3. The van der Waals surface area contributed by atoms with Gasteiger partial charge in [-0.05, 0) is 120 Å². The molecule has 3 rings (SSSR count). The lowest BCUT2D eigenvalue weighted by Gasteiger charge is -2.43. The number of ketones is 2. The van der Waals surface area contributed by atoms with E-state index in [0.717, 1.165) is 17.6 Å². The largest absolute Gasteiger partial charge is 0.456 e. The normalized spacial score (nSPS) is 36.4. The number of carbonyl (C=O) groups is 4. The minimum atomic E-state index is -2.50. The Hall–Kier alpha value is -2.26. The van der Waals surface area contributed by atoms with Gasteiger partial charge in [-0.3, -0.25) is 14.4 Å². The van der Waals surface area contributed by atoms with Gasteiger partial charge in [-0.15, -0.1) is 0 Å². The minimum absolute atomic E-state index is 0.0502. The molecule has 2 unspecified atom stereocenters. The van der Waals surface area contributed by atoms with Crippen LogP contribution in [0.3, 0.4) is 0 Å². The van der Waals surface area contributed by atoms with Crippen molar-refractivity contribution >= 4 is 31.8 Å². The van der Waals surface area contributed by atoms with Gasteiger partial charge in [-0.2, -0.15) is 0 Å². The number of nitrogens with zero attached hydrogens (tertiary/aromatic N) is 1. The molecule has 1 saturated carbocycles. The van der Waals surface area contributed by atoms with E-state index < -0.39 is 74.6 Å². The molecular formula is C49H85NO11Si. The van der Waals surface area contributed by atoms with Gasteiger partial charge in [0.25, 0.3) is 5.91 Å². The topological polar surface area (TPSA) is 158 Å². The SMILES string of the molecule is CC[C@@H]1/C=C(\C)C[C@H](C)C[C@H](OC)[C@H](O)[C@@H](OC)C[C@@H](C)CC(=O)C(=O)N2CCCC[C@H]2C(=O)O[C@H](/C(C)=C/C2CC[C@@H](O)[C@H](OC)C2)[C@@H](C)C(O[Si](C)(C)C(C)(C)C)CC1=O. The third kappa shape index (κ3) is 14.9. The summed E-state index contributed by atoms with van der Waals surface area (Å²) < 4.78 is 31.0. The third-order valence-electron chi connectivity index (χ3n) is 14.5. The number of carbonyl (C=O) groups excluding carboxylic acids is 4. The van der Waals surface area contributed by atoms with Crippen molar-refractivity contribution in [2.75, 3.05) is 27.9 Å². The van der Waals surface area contributed by atoms with Crippen LogP contribution in [0, 0.1) is 29.6 Å². The van der Waals surface area contributed by atoms with E-state index in [9.17, 15) is 29.4 Å². The van der Waals surface area contributed by atoms with Crippen LogP contribution in [-0.4, -0.2) is 124 Å². The summed E-state index contributed by atoms with van der Waals surface area (Å²) in [6.07, 6.45) is 5.61. The number of cyclic esters (lactones) is 1. The Kier molecular flexibility index (Phi) is 21.2. The highest BCUT2D eigenvalue weighted by Gasteiger charge is 2.45. The van der Waals surface area contributed by atoms with Gasteiger partial charge in [0.05, 0.1) is 30.5 Å². The van der Waals surface area contributed by atoms with Crippen molar-refractivity contribution in [3.05, 3.63) is 23.3 Å². The molecule has 3 aliphatic rings. The molecule has 1 amide bonds. The third-order valence-corrected chi connectivity index (χ3v) is 19.0. The van der Waals surface area contributed by atoms with Crippen molar-refractivity contribution in [3.63, 3.8) is 0 Å². The Bertz CT molecular complexity index is 1540. The molecule has 356 valence electrons. The summed E-state index contributed by atoms with van der Waals surface area (Å²) in [5, 5.41) is 21.9. The van der Waals surface area contributed by atoms with Crippen LogP contribution in [0.2, 0.25) is 18.1 Å². The van der Waals surface area contributed by atoms with Crippen molar-refractivity contribution < 1.29 is 52.8 Å². The number of fused-ring (bicyclic) bond motifs is 1. The van der Waals surface area contributed by atoms with Gasteiger partial charge in [0.15, 0.2) is 8.32 Å². The quantitative estimate of drug-likeness (QED) is 0.105. The van der Waals surface area contributed by atoms with Crippen molar-refractivity contribution in [1.29, 1.82) is 0 Å². The van der Waals surface area contributed by atoms with Crippen LogP contribution in [0.5, 0.6) is 0 Å². The maximum atomic E-state index is 14.6. The van der Waals surface area contributed by atoms with E-state index in [0.29, 0.717) is 57.8 Å². The zero-order chi connectivity index (χ0) is 46.7. The van der Waals surface area contributed by atoms with Gasteiger partial charge in [-0.1, -0.05) is 66.2 Å². The van der Waals surface area contributed by atoms with Crippen molar-refractivity contribution in [2.45, 2.75) is 206 Å². The molecule has 0 bridgehead atoms. The van der Waals surface area contributed by atoms with Crippen LogP contribution in [0.15, 0.2) is 23.3 Å². The monoisotopic (exact) mass is 892 g/mol. The molecule has 0 spiro atoms. The van der Waals surface area contributed by atoms with Crippen LogP contribution >= 0.6 is 0 Å². The molecule has 12 nitrogen and oxygen atoms in total. The number of Topliss-reactive ketones (excluding diaryl/α,β-unsaturated/α-hetero) is 2. The number of ether oxygens (including phenoxy) is 4. The van der Waals surface area contributed by atoms with Gasteiger partial charge in [0.1, 0.15) is 24.0 Å². The summed E-state index contributed by atoms with van der Waals surface area (Å²) in [6.45, 7) is 23.1. The van der Waals surface area contributed by atoms with Crippen LogP contribution < -0.4 is 0 Å². The fourth-order valence-corrected chi connectivity index (χ4v) is 11.0. The Morgan fingerprint density at radius 3 is 2.02 bits per heavy atom. The molecule has 62 heavy (non-hydrogen) atoms. The van der Waals surface area contributed by atoms with Gasteiger partial charge >= 0.3 is 5.97 Å². The lowest BCUT2D eigenvalue weighted by Crippen LogP contribution is -2.53. The lowest BCUT2D eigenvalue weighted by molar-refractivity contribution is -0.164. The van der Waals surface area contributed by atoms with Crippen molar-refractivity contribution in [2.24, 2.45) is 29.6 Å². The summed E-state index contributed by atoms with van der Waals surface area (Å²) >= 11 is 0. The smallest absolute Gasteiger partial charge is 0.329 e.